The summed E-state index contributed by atoms with van der Waals surface area (Å²) >= 11 is 6.42. The summed E-state index contributed by atoms with van der Waals surface area (Å²) in [6.07, 6.45) is 3.25. The SMILES string of the molecule is Cc1ccc(C(Nc2c(Nc3c(F)cc(Cl)c4c3C(=O)NC43CCCC3)c(=O)c2=O)C(C)(C)C)o1. The monoisotopic (exact) mass is 499 g/mol. The van der Waals surface area contributed by atoms with E-state index in [0.29, 0.717) is 29.9 Å². The zero-order valence-electron chi connectivity index (χ0n) is 20.0. The van der Waals surface area contributed by atoms with Gasteiger partial charge in [-0.3, -0.25) is 14.4 Å². The van der Waals surface area contributed by atoms with Gasteiger partial charge in [-0.2, -0.15) is 0 Å². The summed E-state index contributed by atoms with van der Waals surface area (Å²) in [6.45, 7) is 7.73. The summed E-state index contributed by atoms with van der Waals surface area (Å²) < 4.78 is 21.0. The van der Waals surface area contributed by atoms with Crippen LogP contribution in [0.2, 0.25) is 5.02 Å². The fourth-order valence-corrected chi connectivity index (χ4v) is 5.74. The average molecular weight is 500 g/mol. The van der Waals surface area contributed by atoms with E-state index in [2.05, 4.69) is 16.0 Å². The number of benzene rings is 1. The van der Waals surface area contributed by atoms with Crippen LogP contribution in [-0.4, -0.2) is 5.91 Å². The second kappa shape index (κ2) is 7.95. The third kappa shape index (κ3) is 3.66. The second-order valence-electron chi connectivity index (χ2n) is 10.6. The predicted octanol–water partition coefficient (Wildman–Crippen LogP) is 5.43. The summed E-state index contributed by atoms with van der Waals surface area (Å²) in [7, 11) is 0. The lowest BCUT2D eigenvalue weighted by atomic mass is 9.84. The molecule has 3 N–H and O–H groups in total. The Labute approximate surface area is 206 Å². The highest BCUT2D eigenvalue weighted by molar-refractivity contribution is 6.32. The molecule has 0 saturated heterocycles. The molecule has 2 aromatic carbocycles. The molecule has 1 amide bonds. The molecule has 0 bridgehead atoms. The molecule has 5 rings (SSSR count). The van der Waals surface area contributed by atoms with Crippen LogP contribution in [0, 0.1) is 18.2 Å². The molecule has 9 heteroatoms. The molecule has 0 radical (unpaired) electrons. The van der Waals surface area contributed by atoms with Gasteiger partial charge in [0.2, 0.25) is 0 Å². The van der Waals surface area contributed by atoms with Gasteiger partial charge in [-0.05, 0) is 43.4 Å². The number of nitrogens with one attached hydrogen (secondary N) is 3. The average Bonchev–Trinajstić information content (AvgIpc) is 3.48. The highest BCUT2D eigenvalue weighted by Gasteiger charge is 2.48. The molecule has 1 aliphatic heterocycles. The maximum atomic E-state index is 15.2. The van der Waals surface area contributed by atoms with Crippen molar-refractivity contribution in [2.75, 3.05) is 10.6 Å². The zero-order chi connectivity index (χ0) is 25.3. The van der Waals surface area contributed by atoms with Crippen molar-refractivity contribution >= 4 is 34.6 Å². The molecule has 1 unspecified atom stereocenters. The number of anilines is 3. The topological polar surface area (TPSA) is 100 Å². The van der Waals surface area contributed by atoms with Gasteiger partial charge in [0.1, 0.15) is 28.7 Å². The number of carbonyl (C=O) groups excluding carboxylic acids is 1. The predicted molar refractivity (Wildman–Crippen MR) is 133 cm³/mol. The van der Waals surface area contributed by atoms with Crippen molar-refractivity contribution in [1.29, 1.82) is 0 Å². The smallest absolute Gasteiger partial charge is 0.254 e. The number of rotatable bonds is 5. The molecular formula is C26H27ClFN3O4. The first-order chi connectivity index (χ1) is 16.4. The fourth-order valence-electron chi connectivity index (χ4n) is 5.37. The van der Waals surface area contributed by atoms with Crippen molar-refractivity contribution in [3.05, 3.63) is 72.1 Å². The molecule has 1 aliphatic carbocycles. The van der Waals surface area contributed by atoms with Gasteiger partial charge in [-0.25, -0.2) is 4.39 Å². The molecule has 1 aromatic heterocycles. The minimum absolute atomic E-state index is 0.0288. The number of hydrogen-bond donors (Lipinski definition) is 3. The maximum Gasteiger partial charge on any atom is 0.254 e. The number of fused-ring (bicyclic) bond motifs is 2. The van der Waals surface area contributed by atoms with Gasteiger partial charge in [0.05, 0.1) is 22.8 Å². The molecule has 184 valence electrons. The van der Waals surface area contributed by atoms with Crippen LogP contribution in [0.5, 0.6) is 0 Å². The first-order valence-electron chi connectivity index (χ1n) is 11.7. The molecule has 35 heavy (non-hydrogen) atoms. The van der Waals surface area contributed by atoms with Crippen LogP contribution in [0.4, 0.5) is 21.5 Å². The Morgan fingerprint density at radius 2 is 1.74 bits per heavy atom. The molecule has 1 fully saturated rings. The summed E-state index contributed by atoms with van der Waals surface area (Å²) in [6, 6.07) is 4.35. The van der Waals surface area contributed by atoms with E-state index in [9.17, 15) is 14.4 Å². The number of amides is 1. The number of furan rings is 1. The van der Waals surface area contributed by atoms with Crippen molar-refractivity contribution < 1.29 is 13.6 Å². The summed E-state index contributed by atoms with van der Waals surface area (Å²) in [4.78, 5) is 38.1. The van der Waals surface area contributed by atoms with Crippen molar-refractivity contribution in [2.24, 2.45) is 5.41 Å². The van der Waals surface area contributed by atoms with Crippen LogP contribution < -0.4 is 26.8 Å². The highest BCUT2D eigenvalue weighted by Crippen LogP contribution is 2.50. The standard InChI is InChI=1S/C26H27ClFN3O4/c1-12-7-8-15(35-12)23(25(2,3)4)30-20-19(21(32)22(20)33)29-18-14(28)11-13(27)17-16(18)24(34)31-26(17)9-5-6-10-26/h7-8,11,23,29-30H,5-6,9-10H2,1-4H3,(H,31,34). The van der Waals surface area contributed by atoms with Gasteiger partial charge in [-0.1, -0.05) is 45.2 Å². The van der Waals surface area contributed by atoms with E-state index in [1.54, 1.807) is 0 Å². The van der Waals surface area contributed by atoms with Gasteiger partial charge < -0.3 is 20.4 Å². The summed E-state index contributed by atoms with van der Waals surface area (Å²) in [5.74, 6) is 0.102. The Morgan fingerprint density at radius 1 is 1.09 bits per heavy atom. The van der Waals surface area contributed by atoms with E-state index >= 15 is 4.39 Å². The van der Waals surface area contributed by atoms with Gasteiger partial charge in [0.15, 0.2) is 0 Å². The Balaban J connectivity index is 1.56. The van der Waals surface area contributed by atoms with Crippen LogP contribution >= 0.6 is 11.6 Å². The molecule has 1 spiro atoms. The van der Waals surface area contributed by atoms with Crippen LogP contribution in [0.25, 0.3) is 0 Å². The molecule has 2 aliphatic rings. The Morgan fingerprint density at radius 3 is 2.34 bits per heavy atom. The molecular weight excluding hydrogens is 473 g/mol. The molecule has 7 nitrogen and oxygen atoms in total. The minimum Gasteiger partial charge on any atom is -0.464 e. The maximum absolute atomic E-state index is 15.2. The highest BCUT2D eigenvalue weighted by atomic mass is 35.5. The van der Waals surface area contributed by atoms with Gasteiger partial charge in [0, 0.05) is 10.6 Å². The normalized spacial score (nSPS) is 17.6. The van der Waals surface area contributed by atoms with E-state index in [4.69, 9.17) is 16.0 Å². The molecule has 1 atom stereocenters. The number of halogens is 2. The van der Waals surface area contributed by atoms with E-state index in [0.717, 1.165) is 18.9 Å². The van der Waals surface area contributed by atoms with Crippen molar-refractivity contribution in [2.45, 2.75) is 65.0 Å². The molecule has 1 saturated carbocycles. The van der Waals surface area contributed by atoms with E-state index in [1.165, 1.54) is 0 Å². The second-order valence-corrected chi connectivity index (χ2v) is 11.0. The molecule has 2 heterocycles. The van der Waals surface area contributed by atoms with E-state index < -0.39 is 34.2 Å². The van der Waals surface area contributed by atoms with Crippen LogP contribution in [-0.2, 0) is 5.54 Å². The van der Waals surface area contributed by atoms with Crippen molar-refractivity contribution in [3.8, 4) is 0 Å². The minimum atomic E-state index is -0.784. The van der Waals surface area contributed by atoms with Gasteiger partial charge >= 0.3 is 0 Å². The van der Waals surface area contributed by atoms with Crippen LogP contribution in [0.15, 0.2) is 32.2 Å². The van der Waals surface area contributed by atoms with Gasteiger partial charge in [0.25, 0.3) is 16.8 Å². The summed E-state index contributed by atoms with van der Waals surface area (Å²) in [5, 5.41) is 9.08. The third-order valence-electron chi connectivity index (χ3n) is 7.11. The van der Waals surface area contributed by atoms with E-state index in [1.807, 2.05) is 39.8 Å². The first kappa shape index (κ1) is 23.6. The zero-order valence-corrected chi connectivity index (χ0v) is 20.8. The lowest BCUT2D eigenvalue weighted by Gasteiger charge is -2.31. The van der Waals surface area contributed by atoms with Gasteiger partial charge in [-0.15, -0.1) is 0 Å². The lowest BCUT2D eigenvalue weighted by molar-refractivity contribution is 0.0931. The van der Waals surface area contributed by atoms with Crippen LogP contribution in [0.3, 0.4) is 0 Å². The number of aryl methyl sites for hydroxylation is 1. The van der Waals surface area contributed by atoms with Crippen molar-refractivity contribution in [1.82, 2.24) is 5.32 Å². The third-order valence-corrected chi connectivity index (χ3v) is 7.41. The Kier molecular flexibility index (Phi) is 5.36. The van der Waals surface area contributed by atoms with Crippen molar-refractivity contribution in [3.63, 3.8) is 0 Å². The Hall–Kier alpha value is -3.13. The van der Waals surface area contributed by atoms with Crippen LogP contribution in [0.1, 0.15) is 79.9 Å². The molecule has 3 aromatic rings. The summed E-state index contributed by atoms with van der Waals surface area (Å²) in [5.41, 5.74) is -2.08. The largest absolute Gasteiger partial charge is 0.464 e. The number of hydrogen-bond acceptors (Lipinski definition) is 6. The lowest BCUT2D eigenvalue weighted by Crippen LogP contribution is -2.39. The van der Waals surface area contributed by atoms with E-state index in [-0.39, 0.29) is 33.1 Å². The Bertz CT molecular complexity index is 1420. The first-order valence-corrected chi connectivity index (χ1v) is 12.1. The number of carbonyl (C=O) groups is 1. The quantitative estimate of drug-likeness (QED) is 0.404. The fraction of sp³-hybridized carbons (Fsp3) is 0.423.